The molecule has 1 aromatic heterocycles. The summed E-state index contributed by atoms with van der Waals surface area (Å²) in [6.07, 6.45) is 1.63. The summed E-state index contributed by atoms with van der Waals surface area (Å²) in [5.74, 6) is 2.26. The molecule has 0 spiro atoms. The van der Waals surface area contributed by atoms with Crippen LogP contribution in [0.25, 0.3) is 5.70 Å². The van der Waals surface area contributed by atoms with Gasteiger partial charge in [0.05, 0.1) is 12.8 Å². The van der Waals surface area contributed by atoms with Crippen molar-refractivity contribution in [3.05, 3.63) is 99.6 Å². The number of benzene rings is 3. The first-order valence-electron chi connectivity index (χ1n) is 11.2. The molecule has 2 aliphatic rings. The van der Waals surface area contributed by atoms with Crippen molar-refractivity contribution >= 4 is 35.0 Å². The highest BCUT2D eigenvalue weighted by atomic mass is 35.5. The highest BCUT2D eigenvalue weighted by Crippen LogP contribution is 2.51. The van der Waals surface area contributed by atoms with Crippen LogP contribution in [0.4, 0.5) is 5.95 Å². The molecular weight excluding hydrogens is 480 g/mol. The first-order chi connectivity index (χ1) is 17.1. The second-order valence-electron chi connectivity index (χ2n) is 8.55. The zero-order valence-corrected chi connectivity index (χ0v) is 21.0. The molecule has 3 heterocycles. The van der Waals surface area contributed by atoms with Crippen LogP contribution in [0, 0.1) is 6.92 Å². The number of anilines is 1. The molecule has 0 saturated heterocycles. The van der Waals surface area contributed by atoms with Gasteiger partial charge in [-0.1, -0.05) is 65.3 Å². The fraction of sp³-hybridized carbons (Fsp3) is 0.185. The van der Waals surface area contributed by atoms with Crippen LogP contribution >= 0.6 is 23.4 Å². The molecule has 0 radical (unpaired) electrons. The number of hydrogen-bond donors (Lipinski definition) is 1. The zero-order valence-electron chi connectivity index (χ0n) is 19.4. The number of aromatic nitrogens is 3. The van der Waals surface area contributed by atoms with Crippen LogP contribution < -0.4 is 14.8 Å². The number of methoxy groups -OCH3 is 1. The summed E-state index contributed by atoms with van der Waals surface area (Å²) >= 11 is 7.95. The Bertz CT molecular complexity index is 1450. The number of nitrogens with one attached hydrogen (secondary N) is 1. The van der Waals surface area contributed by atoms with E-state index in [-0.39, 0.29) is 12.1 Å². The maximum absolute atomic E-state index is 6.68. The van der Waals surface area contributed by atoms with Gasteiger partial charge in [0.1, 0.15) is 23.6 Å². The minimum atomic E-state index is -0.349. The summed E-state index contributed by atoms with van der Waals surface area (Å²) < 4.78 is 14.0. The van der Waals surface area contributed by atoms with Gasteiger partial charge in [0.25, 0.3) is 0 Å². The van der Waals surface area contributed by atoms with E-state index >= 15 is 0 Å². The quantitative estimate of drug-likeness (QED) is 0.320. The van der Waals surface area contributed by atoms with Crippen molar-refractivity contribution in [1.29, 1.82) is 0 Å². The predicted octanol–water partition coefficient (Wildman–Crippen LogP) is 6.53. The van der Waals surface area contributed by atoms with E-state index in [1.807, 2.05) is 53.4 Å². The molecule has 0 unspecified atom stereocenters. The topological polar surface area (TPSA) is 61.2 Å². The van der Waals surface area contributed by atoms with E-state index in [4.69, 9.17) is 31.2 Å². The average Bonchev–Trinajstić information content (AvgIpc) is 3.31. The van der Waals surface area contributed by atoms with Gasteiger partial charge in [0.15, 0.2) is 0 Å². The molecule has 6 nitrogen and oxygen atoms in total. The Hall–Kier alpha value is -3.42. The van der Waals surface area contributed by atoms with Gasteiger partial charge in [0.2, 0.25) is 11.1 Å². The Labute approximate surface area is 212 Å². The van der Waals surface area contributed by atoms with Gasteiger partial charge < -0.3 is 14.8 Å². The van der Waals surface area contributed by atoms with Gasteiger partial charge in [-0.3, -0.25) is 0 Å². The summed E-state index contributed by atoms with van der Waals surface area (Å²) in [5, 5.41) is 9.75. The lowest BCUT2D eigenvalue weighted by Crippen LogP contribution is -2.32. The van der Waals surface area contributed by atoms with Crippen LogP contribution in [0.5, 0.6) is 11.5 Å². The molecule has 4 aromatic rings. The minimum Gasteiger partial charge on any atom is -0.497 e. The Kier molecular flexibility index (Phi) is 5.46. The Morgan fingerprint density at radius 1 is 1.03 bits per heavy atom. The van der Waals surface area contributed by atoms with Gasteiger partial charge in [0, 0.05) is 16.2 Å². The third-order valence-electron chi connectivity index (χ3n) is 6.41. The fourth-order valence-corrected chi connectivity index (χ4v) is 5.21. The van der Waals surface area contributed by atoms with Gasteiger partial charge >= 0.3 is 0 Å². The number of ether oxygens (including phenoxy) is 2. The van der Waals surface area contributed by atoms with E-state index in [0.717, 1.165) is 39.5 Å². The van der Waals surface area contributed by atoms with Gasteiger partial charge in [-0.05, 0) is 54.6 Å². The molecule has 176 valence electrons. The lowest BCUT2D eigenvalue weighted by Gasteiger charge is -2.39. The predicted molar refractivity (Wildman–Crippen MR) is 139 cm³/mol. The monoisotopic (exact) mass is 502 g/mol. The van der Waals surface area contributed by atoms with Crippen molar-refractivity contribution in [2.75, 3.05) is 18.7 Å². The highest BCUT2D eigenvalue weighted by Gasteiger charge is 2.41. The number of thioether (sulfide) groups is 1. The van der Waals surface area contributed by atoms with Crippen molar-refractivity contribution in [3.63, 3.8) is 0 Å². The number of aryl methyl sites for hydroxylation is 1. The maximum atomic E-state index is 6.68. The second-order valence-corrected chi connectivity index (χ2v) is 9.76. The molecule has 0 fully saturated rings. The summed E-state index contributed by atoms with van der Waals surface area (Å²) in [6.45, 7) is 2.09. The number of fused-ring (bicyclic) bond motifs is 3. The van der Waals surface area contributed by atoms with Crippen LogP contribution in [-0.4, -0.2) is 28.1 Å². The van der Waals surface area contributed by atoms with E-state index in [9.17, 15) is 0 Å². The van der Waals surface area contributed by atoms with Gasteiger partial charge in [-0.2, -0.15) is 4.98 Å². The molecule has 6 rings (SSSR count). The van der Waals surface area contributed by atoms with Crippen LogP contribution in [-0.2, 0) is 0 Å². The number of rotatable bonds is 4. The van der Waals surface area contributed by atoms with Crippen molar-refractivity contribution in [2.45, 2.75) is 24.2 Å². The van der Waals surface area contributed by atoms with Crippen LogP contribution in [0.2, 0.25) is 5.02 Å². The van der Waals surface area contributed by atoms with Crippen molar-refractivity contribution in [1.82, 2.24) is 14.8 Å². The van der Waals surface area contributed by atoms with Crippen LogP contribution in [0.3, 0.4) is 0 Å². The summed E-state index contributed by atoms with van der Waals surface area (Å²) in [7, 11) is 1.67. The van der Waals surface area contributed by atoms with Crippen molar-refractivity contribution in [3.8, 4) is 11.5 Å². The first-order valence-corrected chi connectivity index (χ1v) is 12.8. The largest absolute Gasteiger partial charge is 0.497 e. The zero-order chi connectivity index (χ0) is 24.1. The third-order valence-corrected chi connectivity index (χ3v) is 7.18. The van der Waals surface area contributed by atoms with Gasteiger partial charge in [-0.15, -0.1) is 5.10 Å². The number of hydrogen-bond acceptors (Lipinski definition) is 6. The molecule has 0 saturated carbocycles. The lowest BCUT2D eigenvalue weighted by molar-refractivity contribution is 0.223. The Balaban J connectivity index is 1.62. The summed E-state index contributed by atoms with van der Waals surface area (Å²) in [5.41, 5.74) is 6.24. The first kappa shape index (κ1) is 22.1. The maximum Gasteiger partial charge on any atom is 0.227 e. The molecule has 1 N–H and O–H groups in total. The second kappa shape index (κ2) is 8.66. The molecule has 8 heteroatoms. The molecule has 3 aromatic carbocycles. The summed E-state index contributed by atoms with van der Waals surface area (Å²) in [4.78, 5) is 4.75. The van der Waals surface area contributed by atoms with Crippen molar-refractivity contribution in [2.24, 2.45) is 0 Å². The van der Waals surface area contributed by atoms with E-state index in [0.29, 0.717) is 16.1 Å². The highest BCUT2D eigenvalue weighted by molar-refractivity contribution is 7.98. The van der Waals surface area contributed by atoms with E-state index in [2.05, 4.69) is 36.5 Å². The molecule has 0 aliphatic carbocycles. The normalized spacial score (nSPS) is 18.2. The van der Waals surface area contributed by atoms with E-state index < -0.39 is 0 Å². The molecule has 2 atom stereocenters. The SMILES string of the molecule is COc1ccc([C@H]2Oc3ccc(Cl)cc3C3=C2[C@@H](c2ccc(C)cc2)n2nc(SC)nc2N3)cc1. The van der Waals surface area contributed by atoms with E-state index in [1.54, 1.807) is 7.11 Å². The minimum absolute atomic E-state index is 0.213. The van der Waals surface area contributed by atoms with Crippen LogP contribution in [0.15, 0.2) is 77.5 Å². The lowest BCUT2D eigenvalue weighted by atomic mass is 9.84. The fourth-order valence-electron chi connectivity index (χ4n) is 4.69. The molecule has 35 heavy (non-hydrogen) atoms. The summed E-state index contributed by atoms with van der Waals surface area (Å²) in [6, 6.07) is 22.1. The molecule has 2 aliphatic heterocycles. The molecule has 0 bridgehead atoms. The number of nitrogens with zero attached hydrogens (tertiary/aromatic N) is 3. The van der Waals surface area contributed by atoms with Crippen LogP contribution in [0.1, 0.15) is 34.4 Å². The average molecular weight is 503 g/mol. The molecule has 0 amide bonds. The third kappa shape index (κ3) is 3.75. The van der Waals surface area contributed by atoms with Gasteiger partial charge in [-0.25, -0.2) is 4.68 Å². The Morgan fingerprint density at radius 3 is 2.49 bits per heavy atom. The van der Waals surface area contributed by atoms with E-state index in [1.165, 1.54) is 17.3 Å². The smallest absolute Gasteiger partial charge is 0.227 e. The Morgan fingerprint density at radius 2 is 1.77 bits per heavy atom. The standard InChI is InChI=1S/C27H23ClN4O2S/c1-15-4-6-16(7-5-15)24-22-23(29-26-30-27(35-3)31-32(24)26)20-14-18(28)10-13-21(20)34-25(22)17-8-11-19(33-2)12-9-17/h4-14,24-25H,1-3H3,(H,29,30,31)/t24-,25-/m1/s1. The molecular formula is C27H23ClN4O2S. The number of halogens is 1. The van der Waals surface area contributed by atoms with Crippen molar-refractivity contribution < 1.29 is 9.47 Å².